The number of aromatic nitrogens is 2. The van der Waals surface area contributed by atoms with Crippen molar-refractivity contribution in [2.24, 2.45) is 11.8 Å². The number of halogens is 4. The molecule has 34 heavy (non-hydrogen) atoms. The van der Waals surface area contributed by atoms with Crippen molar-refractivity contribution < 1.29 is 26.4 Å². The zero-order valence-corrected chi connectivity index (χ0v) is 20.0. The highest BCUT2D eigenvalue weighted by Crippen LogP contribution is 2.36. The normalized spacial score (nSPS) is 21.3. The van der Waals surface area contributed by atoms with Crippen molar-refractivity contribution in [2.75, 3.05) is 44.2 Å². The van der Waals surface area contributed by atoms with Gasteiger partial charge in [-0.2, -0.15) is 17.9 Å². The van der Waals surface area contributed by atoms with E-state index in [0.29, 0.717) is 26.2 Å². The Kier molecular flexibility index (Phi) is 6.57. The molecule has 2 fully saturated rings. The van der Waals surface area contributed by atoms with Crippen molar-refractivity contribution in [3.8, 4) is 0 Å². The number of nitrogens with zero attached hydrogens (tertiary/aromatic N) is 5. The van der Waals surface area contributed by atoms with E-state index in [2.05, 4.69) is 9.82 Å². The van der Waals surface area contributed by atoms with Gasteiger partial charge in [0.15, 0.2) is 5.82 Å². The number of anilines is 1. The van der Waals surface area contributed by atoms with Gasteiger partial charge in [-0.05, 0) is 35.6 Å². The minimum Gasteiger partial charge on any atom is -0.322 e. The molecule has 9 nitrogen and oxygen atoms in total. The number of rotatable bonds is 5. The molecule has 2 aliphatic rings. The summed E-state index contributed by atoms with van der Waals surface area (Å²) in [7, 11) is -1.76. The Bertz CT molecular complexity index is 1170. The highest BCUT2D eigenvalue weighted by atomic mass is 35.5. The van der Waals surface area contributed by atoms with Crippen molar-refractivity contribution in [3.05, 3.63) is 46.6 Å². The first-order valence-corrected chi connectivity index (χ1v) is 12.7. The first-order valence-electron chi connectivity index (χ1n) is 10.4. The van der Waals surface area contributed by atoms with E-state index in [-0.39, 0.29) is 40.8 Å². The molecule has 3 heterocycles. The summed E-state index contributed by atoms with van der Waals surface area (Å²) < 4.78 is 66.1. The minimum atomic E-state index is -4.47. The standard InChI is InChI=1S/C20H24ClF3N6O3S/c1-27(8-13-7-16(21)3-4-17(13)20(22,23)24)29-11-14-9-28(10-15(14)12-29)19(31)30-6-5-18(25-30)26-34(2,32)33/h3-7,14-15H,8-12H2,1-2H3,(H,25,26)/t14-,15+. The van der Waals surface area contributed by atoms with E-state index in [1.54, 1.807) is 17.0 Å². The SMILES string of the molecule is CN(Cc1cc(Cl)ccc1C(F)(F)F)N1C[C@H]2CN(C(=O)n3ccc(NS(C)(=O)=O)n3)C[C@H]2C1. The molecule has 0 radical (unpaired) electrons. The van der Waals surface area contributed by atoms with Gasteiger partial charge in [0.1, 0.15) is 0 Å². The fourth-order valence-corrected chi connectivity index (χ4v) is 5.22. The number of carbonyl (C=O) groups is 1. The Morgan fingerprint density at radius 1 is 1.21 bits per heavy atom. The van der Waals surface area contributed by atoms with Gasteiger partial charge in [-0.25, -0.2) is 23.2 Å². The number of likely N-dealkylation sites (tertiary alicyclic amines) is 1. The maximum atomic E-state index is 13.4. The van der Waals surface area contributed by atoms with E-state index < -0.39 is 21.8 Å². The van der Waals surface area contributed by atoms with Gasteiger partial charge >= 0.3 is 12.2 Å². The van der Waals surface area contributed by atoms with Crippen LogP contribution in [-0.4, -0.2) is 78.6 Å². The van der Waals surface area contributed by atoms with Crippen molar-refractivity contribution >= 4 is 33.5 Å². The molecule has 0 aliphatic carbocycles. The molecule has 14 heteroatoms. The molecule has 2 aromatic rings. The number of hydrazine groups is 1. The van der Waals surface area contributed by atoms with Gasteiger partial charge in [-0.15, -0.1) is 5.10 Å². The molecule has 1 aromatic carbocycles. The number of hydrogen-bond donors (Lipinski definition) is 1. The molecule has 2 atom stereocenters. The highest BCUT2D eigenvalue weighted by Gasteiger charge is 2.43. The third-order valence-corrected chi connectivity index (χ3v) is 6.88. The van der Waals surface area contributed by atoms with Gasteiger partial charge < -0.3 is 4.90 Å². The lowest BCUT2D eigenvalue weighted by molar-refractivity contribution is -0.138. The number of carbonyl (C=O) groups excluding carboxylic acids is 1. The maximum absolute atomic E-state index is 13.4. The van der Waals surface area contributed by atoms with Gasteiger partial charge in [-0.1, -0.05) is 11.6 Å². The fraction of sp³-hybridized carbons (Fsp3) is 0.500. The first-order chi connectivity index (χ1) is 15.8. The molecule has 186 valence electrons. The summed E-state index contributed by atoms with van der Waals surface area (Å²) in [6, 6.07) is 4.62. The molecule has 0 bridgehead atoms. The van der Waals surface area contributed by atoms with Gasteiger partial charge in [0, 0.05) is 57.1 Å². The Balaban J connectivity index is 1.36. The second kappa shape index (κ2) is 9.02. The molecule has 2 saturated heterocycles. The van der Waals surface area contributed by atoms with Crippen LogP contribution in [0.25, 0.3) is 0 Å². The van der Waals surface area contributed by atoms with Crippen LogP contribution in [0.3, 0.4) is 0 Å². The van der Waals surface area contributed by atoms with Crippen LogP contribution in [0, 0.1) is 11.8 Å². The van der Waals surface area contributed by atoms with Crippen molar-refractivity contribution in [1.82, 2.24) is 24.7 Å². The summed E-state index contributed by atoms with van der Waals surface area (Å²) in [5, 5.41) is 7.99. The predicted octanol–water partition coefficient (Wildman–Crippen LogP) is 2.81. The van der Waals surface area contributed by atoms with E-state index in [9.17, 15) is 26.4 Å². The number of fused-ring (bicyclic) bond motifs is 1. The second-order valence-electron chi connectivity index (χ2n) is 8.71. The van der Waals surface area contributed by atoms with Gasteiger partial charge in [0.05, 0.1) is 11.8 Å². The summed E-state index contributed by atoms with van der Waals surface area (Å²) in [6.45, 7) is 2.22. The van der Waals surface area contributed by atoms with Crippen LogP contribution in [0.1, 0.15) is 11.1 Å². The topological polar surface area (TPSA) is 90.8 Å². The summed E-state index contributed by atoms with van der Waals surface area (Å²) in [5.41, 5.74) is -0.600. The van der Waals surface area contributed by atoms with Crippen LogP contribution in [0.4, 0.5) is 23.8 Å². The number of benzene rings is 1. The van der Waals surface area contributed by atoms with E-state index in [0.717, 1.165) is 17.0 Å². The van der Waals surface area contributed by atoms with Crippen LogP contribution in [0.15, 0.2) is 30.5 Å². The van der Waals surface area contributed by atoms with Crippen LogP contribution in [0.2, 0.25) is 5.02 Å². The lowest BCUT2D eigenvalue weighted by Crippen LogP contribution is -2.41. The Labute approximate surface area is 200 Å². The Hall–Kier alpha value is -2.35. The van der Waals surface area contributed by atoms with E-state index in [4.69, 9.17) is 11.6 Å². The smallest absolute Gasteiger partial charge is 0.322 e. The summed E-state index contributed by atoms with van der Waals surface area (Å²) in [4.78, 5) is 14.4. The molecule has 1 amide bonds. The zero-order chi connectivity index (χ0) is 24.8. The second-order valence-corrected chi connectivity index (χ2v) is 10.9. The van der Waals surface area contributed by atoms with Crippen molar-refractivity contribution in [3.63, 3.8) is 0 Å². The predicted molar refractivity (Wildman–Crippen MR) is 120 cm³/mol. The lowest BCUT2D eigenvalue weighted by Gasteiger charge is -2.30. The molecule has 0 saturated carbocycles. The third kappa shape index (κ3) is 5.48. The molecule has 1 N–H and O–H groups in total. The number of nitrogens with one attached hydrogen (secondary N) is 1. The summed E-state index contributed by atoms with van der Waals surface area (Å²) in [6.07, 6.45) is -2.08. The molecule has 4 rings (SSSR count). The van der Waals surface area contributed by atoms with E-state index >= 15 is 0 Å². The maximum Gasteiger partial charge on any atom is 0.416 e. The quantitative estimate of drug-likeness (QED) is 0.652. The Morgan fingerprint density at radius 2 is 1.85 bits per heavy atom. The minimum absolute atomic E-state index is 0.0564. The first kappa shape index (κ1) is 24.8. The number of sulfonamides is 1. The summed E-state index contributed by atoms with van der Waals surface area (Å²) in [5.74, 6) is 0.385. The molecular formula is C20H24ClF3N6O3S. The average Bonchev–Trinajstić information content (AvgIpc) is 3.39. The molecular weight excluding hydrogens is 497 g/mol. The lowest BCUT2D eigenvalue weighted by atomic mass is 10.0. The van der Waals surface area contributed by atoms with Gasteiger partial charge in [0.2, 0.25) is 10.0 Å². The van der Waals surface area contributed by atoms with Crippen LogP contribution in [-0.2, 0) is 22.7 Å². The fourth-order valence-electron chi connectivity index (χ4n) is 4.54. The van der Waals surface area contributed by atoms with Crippen molar-refractivity contribution in [1.29, 1.82) is 0 Å². The molecule has 0 unspecified atom stereocenters. The van der Waals surface area contributed by atoms with Crippen LogP contribution < -0.4 is 4.72 Å². The summed E-state index contributed by atoms with van der Waals surface area (Å²) >= 11 is 5.94. The molecule has 0 spiro atoms. The number of hydrogen-bond acceptors (Lipinski definition) is 6. The molecule has 2 aliphatic heterocycles. The van der Waals surface area contributed by atoms with Gasteiger partial charge in [-0.3, -0.25) is 4.72 Å². The highest BCUT2D eigenvalue weighted by molar-refractivity contribution is 7.92. The third-order valence-electron chi connectivity index (χ3n) is 6.07. The van der Waals surface area contributed by atoms with E-state index in [1.165, 1.54) is 24.4 Å². The van der Waals surface area contributed by atoms with Crippen molar-refractivity contribution in [2.45, 2.75) is 12.7 Å². The van der Waals surface area contributed by atoms with Gasteiger partial charge in [0.25, 0.3) is 0 Å². The average molecular weight is 521 g/mol. The Morgan fingerprint density at radius 3 is 2.44 bits per heavy atom. The largest absolute Gasteiger partial charge is 0.416 e. The monoisotopic (exact) mass is 520 g/mol. The number of amides is 1. The number of alkyl halides is 3. The van der Waals surface area contributed by atoms with Crippen LogP contribution in [0.5, 0.6) is 0 Å². The van der Waals surface area contributed by atoms with Crippen LogP contribution >= 0.6 is 11.6 Å². The molecule has 1 aromatic heterocycles. The zero-order valence-electron chi connectivity index (χ0n) is 18.5. The van der Waals surface area contributed by atoms with E-state index in [1.807, 2.05) is 5.01 Å².